The molecule has 56 heavy (non-hydrogen) atoms. The van der Waals surface area contributed by atoms with Crippen LogP contribution in [-0.4, -0.2) is 71.5 Å². The van der Waals surface area contributed by atoms with Crippen LogP contribution in [0.15, 0.2) is 60.8 Å². The van der Waals surface area contributed by atoms with Crippen LogP contribution in [0.3, 0.4) is 0 Å². The molecule has 0 saturated heterocycles. The molecule has 0 aliphatic heterocycles. The van der Waals surface area contributed by atoms with Crippen molar-refractivity contribution in [2.45, 2.75) is 174 Å². The fraction of sp³-hybridized carbons (Fsp3) is 0.705. The molecule has 0 radical (unpaired) electrons. The van der Waals surface area contributed by atoms with Crippen molar-refractivity contribution >= 4 is 25.5 Å². The Kier molecular flexibility index (Phi) is 37.3. The number of aliphatic hydroxyl groups is 2. The van der Waals surface area contributed by atoms with Crippen LogP contribution in [0.25, 0.3) is 0 Å². The number of phosphoric ester groups is 1. The van der Waals surface area contributed by atoms with Gasteiger partial charge >= 0.3 is 19.8 Å². The molecule has 3 N–H and O–H groups in total. The summed E-state index contributed by atoms with van der Waals surface area (Å²) in [5.41, 5.74) is 0. The molecule has 0 bridgehead atoms. The lowest BCUT2D eigenvalue weighted by Gasteiger charge is -2.20. The SMILES string of the molecule is CCCCC/C=C\C=C\C(=O)CCCCCCCC(=O)O[C@H](COC(=O)CCC/C=C\C/C=C\C/C=C\CCCCCCCC)COP(=O)(O)OC[C@@H](O)CO. The number of carbonyl (C=O) groups is 3. The third kappa shape index (κ3) is 38.2. The van der Waals surface area contributed by atoms with Gasteiger partial charge in [-0.25, -0.2) is 4.57 Å². The lowest BCUT2D eigenvalue weighted by molar-refractivity contribution is -0.161. The quantitative estimate of drug-likeness (QED) is 0.0135. The molecule has 11 nitrogen and oxygen atoms in total. The number of ether oxygens (including phenoxy) is 2. The first kappa shape index (κ1) is 53.3. The number of allylic oxidation sites excluding steroid dienone is 10. The monoisotopic (exact) mass is 811 g/mol. The fourth-order valence-corrected chi connectivity index (χ4v) is 6.07. The predicted molar refractivity (Wildman–Crippen MR) is 224 cm³/mol. The van der Waals surface area contributed by atoms with Crippen molar-refractivity contribution in [1.82, 2.24) is 0 Å². The molecular formula is C44H75O11P. The molecule has 322 valence electrons. The van der Waals surface area contributed by atoms with Gasteiger partial charge < -0.3 is 24.6 Å². The number of esters is 2. The van der Waals surface area contributed by atoms with Gasteiger partial charge in [0.1, 0.15) is 12.7 Å². The molecule has 0 aromatic rings. The van der Waals surface area contributed by atoms with E-state index in [0.29, 0.717) is 25.7 Å². The zero-order valence-corrected chi connectivity index (χ0v) is 35.5. The molecule has 0 aromatic heterocycles. The Morgan fingerprint density at radius 2 is 1.11 bits per heavy atom. The van der Waals surface area contributed by atoms with Crippen molar-refractivity contribution in [3.05, 3.63) is 60.8 Å². The number of carbonyl (C=O) groups excluding carboxylic acids is 3. The summed E-state index contributed by atoms with van der Waals surface area (Å²) < 4.78 is 32.5. The Balaban J connectivity index is 4.49. The summed E-state index contributed by atoms with van der Waals surface area (Å²) in [5, 5.41) is 18.3. The average Bonchev–Trinajstić information content (AvgIpc) is 3.18. The van der Waals surface area contributed by atoms with Crippen molar-refractivity contribution in [3.8, 4) is 0 Å². The largest absolute Gasteiger partial charge is 0.472 e. The molecule has 0 aliphatic carbocycles. The molecule has 1 unspecified atom stereocenters. The maximum absolute atomic E-state index is 12.6. The van der Waals surface area contributed by atoms with Crippen LogP contribution >= 0.6 is 7.82 Å². The van der Waals surface area contributed by atoms with Crippen molar-refractivity contribution in [1.29, 1.82) is 0 Å². The molecule has 3 atom stereocenters. The summed E-state index contributed by atoms with van der Waals surface area (Å²) in [6.45, 7) is 2.11. The second-order valence-corrected chi connectivity index (χ2v) is 15.5. The van der Waals surface area contributed by atoms with Crippen molar-refractivity contribution in [3.63, 3.8) is 0 Å². The van der Waals surface area contributed by atoms with E-state index in [4.69, 9.17) is 19.1 Å². The minimum atomic E-state index is -4.66. The first-order valence-corrected chi connectivity index (χ1v) is 22.7. The van der Waals surface area contributed by atoms with Crippen LogP contribution in [0.4, 0.5) is 0 Å². The van der Waals surface area contributed by atoms with Gasteiger partial charge in [0, 0.05) is 19.3 Å². The van der Waals surface area contributed by atoms with Crippen molar-refractivity contribution in [2.75, 3.05) is 26.4 Å². The predicted octanol–water partition coefficient (Wildman–Crippen LogP) is 10.3. The summed E-state index contributed by atoms with van der Waals surface area (Å²) in [6, 6.07) is 0. The number of aliphatic hydroxyl groups excluding tert-OH is 2. The van der Waals surface area contributed by atoms with Gasteiger partial charge in [-0.15, -0.1) is 0 Å². The van der Waals surface area contributed by atoms with Crippen LogP contribution in [0.1, 0.15) is 162 Å². The molecule has 0 spiro atoms. The van der Waals surface area contributed by atoms with Crippen LogP contribution in [-0.2, 0) is 37.5 Å². The maximum atomic E-state index is 12.6. The van der Waals surface area contributed by atoms with Crippen molar-refractivity contribution < 1.29 is 52.6 Å². The smallest absolute Gasteiger partial charge is 0.462 e. The van der Waals surface area contributed by atoms with Crippen molar-refractivity contribution in [2.24, 2.45) is 0 Å². The third-order valence-electron chi connectivity index (χ3n) is 8.62. The topological polar surface area (TPSA) is 166 Å². The standard InChI is InChI=1S/C44H75O11P/c1-3-5-7-9-11-12-13-14-15-16-17-18-19-20-22-26-30-34-43(48)52-38-42(39-54-56(50,51)53-37-41(47)36-45)55-44(49)35-31-27-23-25-29-33-40(46)32-28-24-21-10-8-6-4-2/h14-15,17-18,20-22,24,28,32,41-42,45,47H,3-13,16,19,23,25-27,29-31,33-39H2,1-2H3,(H,50,51)/b15-14-,18-17-,22-20-,24-21-,32-28+/t41-,42+/m0/s1. The van der Waals surface area contributed by atoms with Gasteiger partial charge in [0.2, 0.25) is 0 Å². The highest BCUT2D eigenvalue weighted by Crippen LogP contribution is 2.43. The van der Waals surface area contributed by atoms with Gasteiger partial charge in [-0.2, -0.15) is 0 Å². The van der Waals surface area contributed by atoms with Gasteiger partial charge in [0.05, 0.1) is 19.8 Å². The number of hydrogen-bond donors (Lipinski definition) is 3. The molecular weight excluding hydrogens is 735 g/mol. The summed E-state index contributed by atoms with van der Waals surface area (Å²) in [5.74, 6) is -0.990. The number of unbranched alkanes of at least 4 members (excludes halogenated alkanes) is 14. The lowest BCUT2D eigenvalue weighted by Crippen LogP contribution is -2.29. The number of ketones is 1. The second-order valence-electron chi connectivity index (χ2n) is 14.0. The summed E-state index contributed by atoms with van der Waals surface area (Å²) in [6.07, 6.45) is 38.7. The van der Waals surface area contributed by atoms with E-state index in [1.807, 2.05) is 12.2 Å². The van der Waals surface area contributed by atoms with E-state index in [-0.39, 0.29) is 25.2 Å². The zero-order chi connectivity index (χ0) is 41.4. The van der Waals surface area contributed by atoms with Gasteiger partial charge in [-0.1, -0.05) is 133 Å². The lowest BCUT2D eigenvalue weighted by atomic mass is 10.1. The van der Waals surface area contributed by atoms with E-state index >= 15 is 0 Å². The average molecular weight is 811 g/mol. The third-order valence-corrected chi connectivity index (χ3v) is 9.57. The summed E-state index contributed by atoms with van der Waals surface area (Å²) in [4.78, 5) is 47.0. The van der Waals surface area contributed by atoms with E-state index in [0.717, 1.165) is 57.8 Å². The van der Waals surface area contributed by atoms with Gasteiger partial charge in [0.15, 0.2) is 11.9 Å². The highest BCUT2D eigenvalue weighted by molar-refractivity contribution is 7.47. The second kappa shape index (κ2) is 39.2. The minimum absolute atomic E-state index is 0.0875. The molecule has 0 amide bonds. The van der Waals surface area contributed by atoms with Gasteiger partial charge in [-0.05, 0) is 70.3 Å². The van der Waals surface area contributed by atoms with Gasteiger partial charge in [-0.3, -0.25) is 23.4 Å². The molecule has 12 heteroatoms. The van der Waals surface area contributed by atoms with E-state index in [1.165, 1.54) is 51.4 Å². The number of phosphoric acid groups is 1. The molecule has 0 aromatic carbocycles. The minimum Gasteiger partial charge on any atom is -0.462 e. The Bertz CT molecular complexity index is 1180. The normalized spacial score (nSPS) is 14.4. The zero-order valence-electron chi connectivity index (χ0n) is 34.6. The maximum Gasteiger partial charge on any atom is 0.472 e. The summed E-state index contributed by atoms with van der Waals surface area (Å²) in [7, 11) is -4.66. The van der Waals surface area contributed by atoms with E-state index in [1.54, 1.807) is 12.2 Å². The Hall–Kier alpha value is -2.66. The van der Waals surface area contributed by atoms with E-state index in [9.17, 15) is 28.9 Å². The van der Waals surface area contributed by atoms with Crippen LogP contribution in [0, 0.1) is 0 Å². The highest BCUT2D eigenvalue weighted by Gasteiger charge is 2.27. The Labute approximate surface area is 338 Å². The number of hydrogen-bond acceptors (Lipinski definition) is 10. The highest BCUT2D eigenvalue weighted by atomic mass is 31.2. The number of rotatable bonds is 39. The van der Waals surface area contributed by atoms with E-state index in [2.05, 4.69) is 54.8 Å². The first-order valence-electron chi connectivity index (χ1n) is 21.2. The van der Waals surface area contributed by atoms with E-state index < -0.39 is 51.8 Å². The van der Waals surface area contributed by atoms with Crippen LogP contribution in [0.5, 0.6) is 0 Å². The molecule has 0 saturated carbocycles. The molecule has 0 heterocycles. The first-order chi connectivity index (χ1) is 27.1. The van der Waals surface area contributed by atoms with Crippen LogP contribution < -0.4 is 0 Å². The molecule has 0 rings (SSSR count). The Morgan fingerprint density at radius 3 is 1.79 bits per heavy atom. The van der Waals surface area contributed by atoms with Crippen LogP contribution in [0.2, 0.25) is 0 Å². The molecule has 0 fully saturated rings. The van der Waals surface area contributed by atoms with Gasteiger partial charge in [0.25, 0.3) is 0 Å². The molecule has 0 aliphatic rings. The fourth-order valence-electron chi connectivity index (χ4n) is 5.28. The Morgan fingerprint density at radius 1 is 0.589 bits per heavy atom. The summed E-state index contributed by atoms with van der Waals surface area (Å²) >= 11 is 0.